The molecule has 0 aliphatic heterocycles. The molecule has 0 spiro atoms. The number of nitrogens with one attached hydrogen (secondary N) is 1. The summed E-state index contributed by atoms with van der Waals surface area (Å²) in [4.78, 5) is 38.2. The minimum absolute atomic E-state index is 0.197. The number of amides is 1. The zero-order chi connectivity index (χ0) is 20.3. The highest BCUT2D eigenvalue weighted by Gasteiger charge is 2.15. The lowest BCUT2D eigenvalue weighted by atomic mass is 10.2. The van der Waals surface area contributed by atoms with Crippen LogP contribution in [0.4, 0.5) is 5.69 Å². The number of rotatable bonds is 6. The number of anilines is 1. The SMILES string of the molecule is CCCCn1c(=O)c2ccccc2n(CC(=O)Nc2ccc(C)c(Cl)c2)c1=O. The Labute approximate surface area is 167 Å². The number of hydrogen-bond donors (Lipinski definition) is 1. The molecule has 0 unspecified atom stereocenters. The first-order valence-corrected chi connectivity index (χ1v) is 9.58. The van der Waals surface area contributed by atoms with E-state index < -0.39 is 5.69 Å². The van der Waals surface area contributed by atoms with Gasteiger partial charge >= 0.3 is 5.69 Å². The molecule has 146 valence electrons. The van der Waals surface area contributed by atoms with Gasteiger partial charge in [0.25, 0.3) is 5.56 Å². The number of nitrogens with zero attached hydrogens (tertiary/aromatic N) is 2. The van der Waals surface area contributed by atoms with Gasteiger partial charge < -0.3 is 5.32 Å². The van der Waals surface area contributed by atoms with Gasteiger partial charge in [0.05, 0.1) is 10.9 Å². The van der Waals surface area contributed by atoms with Crippen LogP contribution >= 0.6 is 11.6 Å². The fraction of sp³-hybridized carbons (Fsp3) is 0.286. The summed E-state index contributed by atoms with van der Waals surface area (Å²) >= 11 is 6.10. The van der Waals surface area contributed by atoms with E-state index in [2.05, 4.69) is 5.32 Å². The number of carbonyl (C=O) groups excluding carboxylic acids is 1. The Morgan fingerprint density at radius 1 is 1.11 bits per heavy atom. The van der Waals surface area contributed by atoms with Crippen LogP contribution < -0.4 is 16.6 Å². The van der Waals surface area contributed by atoms with E-state index in [1.54, 1.807) is 36.4 Å². The van der Waals surface area contributed by atoms with E-state index in [0.29, 0.717) is 34.6 Å². The quantitative estimate of drug-likeness (QED) is 0.688. The van der Waals surface area contributed by atoms with Crippen LogP contribution in [0.5, 0.6) is 0 Å². The van der Waals surface area contributed by atoms with Crippen molar-refractivity contribution >= 4 is 34.1 Å². The summed E-state index contributed by atoms with van der Waals surface area (Å²) in [6, 6.07) is 12.1. The van der Waals surface area contributed by atoms with Crippen molar-refractivity contribution < 1.29 is 4.79 Å². The lowest BCUT2D eigenvalue weighted by Gasteiger charge is -2.14. The number of halogens is 1. The summed E-state index contributed by atoms with van der Waals surface area (Å²) in [6.45, 7) is 4.00. The summed E-state index contributed by atoms with van der Waals surface area (Å²) in [7, 11) is 0. The zero-order valence-electron chi connectivity index (χ0n) is 15.9. The van der Waals surface area contributed by atoms with E-state index >= 15 is 0 Å². The summed E-state index contributed by atoms with van der Waals surface area (Å²) in [5.41, 5.74) is 1.11. The van der Waals surface area contributed by atoms with Crippen molar-refractivity contribution in [3.05, 3.63) is 73.9 Å². The standard InChI is InChI=1S/C21H22ClN3O3/c1-3-4-11-24-20(27)16-7-5-6-8-18(16)25(21(24)28)13-19(26)23-15-10-9-14(2)17(22)12-15/h5-10,12H,3-4,11,13H2,1-2H3,(H,23,26). The van der Waals surface area contributed by atoms with Crippen LogP contribution in [0.3, 0.4) is 0 Å². The van der Waals surface area contributed by atoms with E-state index in [-0.39, 0.29) is 18.0 Å². The van der Waals surface area contributed by atoms with Gasteiger partial charge in [0.2, 0.25) is 5.91 Å². The van der Waals surface area contributed by atoms with Gasteiger partial charge in [0, 0.05) is 17.3 Å². The molecule has 0 radical (unpaired) electrons. The normalized spacial score (nSPS) is 11.0. The van der Waals surface area contributed by atoms with Crippen LogP contribution in [-0.4, -0.2) is 15.0 Å². The van der Waals surface area contributed by atoms with Crippen molar-refractivity contribution in [1.29, 1.82) is 0 Å². The second kappa shape index (κ2) is 8.44. The van der Waals surface area contributed by atoms with Gasteiger partial charge in [0.15, 0.2) is 0 Å². The van der Waals surface area contributed by atoms with Crippen molar-refractivity contribution in [2.45, 2.75) is 39.8 Å². The Morgan fingerprint density at radius 2 is 1.86 bits per heavy atom. The molecule has 2 aromatic carbocycles. The number of unbranched alkanes of at least 4 members (excludes halogenated alkanes) is 1. The van der Waals surface area contributed by atoms with E-state index in [4.69, 9.17) is 11.6 Å². The predicted molar refractivity (Wildman–Crippen MR) is 112 cm³/mol. The molecule has 0 bridgehead atoms. The molecular formula is C21H22ClN3O3. The van der Waals surface area contributed by atoms with Crippen molar-refractivity contribution in [2.75, 3.05) is 5.32 Å². The van der Waals surface area contributed by atoms with E-state index in [9.17, 15) is 14.4 Å². The maximum Gasteiger partial charge on any atom is 0.331 e. The predicted octanol–water partition coefficient (Wildman–Crippen LogP) is 3.56. The van der Waals surface area contributed by atoms with Crippen molar-refractivity contribution in [3.8, 4) is 0 Å². The third kappa shape index (κ3) is 4.02. The number of fused-ring (bicyclic) bond motifs is 1. The van der Waals surface area contributed by atoms with E-state index in [1.165, 1.54) is 9.13 Å². The molecule has 1 amide bonds. The first-order chi connectivity index (χ1) is 13.4. The second-order valence-electron chi connectivity index (χ2n) is 6.71. The smallest absolute Gasteiger partial charge is 0.324 e. The maximum absolute atomic E-state index is 12.9. The minimum Gasteiger partial charge on any atom is -0.324 e. The summed E-state index contributed by atoms with van der Waals surface area (Å²) in [6.07, 6.45) is 1.56. The van der Waals surface area contributed by atoms with Gasteiger partial charge in [-0.05, 0) is 43.2 Å². The van der Waals surface area contributed by atoms with E-state index in [0.717, 1.165) is 12.0 Å². The third-order valence-electron chi connectivity index (χ3n) is 4.62. The highest BCUT2D eigenvalue weighted by molar-refractivity contribution is 6.31. The Morgan fingerprint density at radius 3 is 2.57 bits per heavy atom. The number of aromatic nitrogens is 2. The summed E-state index contributed by atoms with van der Waals surface area (Å²) in [5, 5.41) is 3.73. The molecule has 1 aromatic heterocycles. The van der Waals surface area contributed by atoms with Crippen LogP contribution in [0.2, 0.25) is 5.02 Å². The third-order valence-corrected chi connectivity index (χ3v) is 5.03. The van der Waals surface area contributed by atoms with Crippen molar-refractivity contribution in [3.63, 3.8) is 0 Å². The van der Waals surface area contributed by atoms with Gasteiger partial charge in [-0.15, -0.1) is 0 Å². The molecule has 0 saturated heterocycles. The summed E-state index contributed by atoms with van der Waals surface area (Å²) < 4.78 is 2.55. The fourth-order valence-electron chi connectivity index (χ4n) is 3.05. The molecule has 0 fully saturated rings. The molecule has 1 N–H and O–H groups in total. The number of carbonyl (C=O) groups is 1. The molecule has 0 atom stereocenters. The van der Waals surface area contributed by atoms with Gasteiger partial charge in [-0.25, -0.2) is 4.79 Å². The van der Waals surface area contributed by atoms with Crippen molar-refractivity contribution in [2.24, 2.45) is 0 Å². The molecule has 0 aliphatic rings. The van der Waals surface area contributed by atoms with Crippen LogP contribution in [-0.2, 0) is 17.9 Å². The average molecular weight is 400 g/mol. The first kappa shape index (κ1) is 19.9. The maximum atomic E-state index is 12.9. The first-order valence-electron chi connectivity index (χ1n) is 9.20. The average Bonchev–Trinajstić information content (AvgIpc) is 2.68. The van der Waals surface area contributed by atoms with Gasteiger partial charge in [-0.2, -0.15) is 0 Å². The molecule has 7 heteroatoms. The van der Waals surface area contributed by atoms with Crippen molar-refractivity contribution in [1.82, 2.24) is 9.13 Å². The molecule has 1 heterocycles. The Bertz CT molecular complexity index is 1150. The number of benzene rings is 2. The van der Waals surface area contributed by atoms with Crippen LogP contribution in [0.1, 0.15) is 25.3 Å². The monoisotopic (exact) mass is 399 g/mol. The molecule has 0 saturated carbocycles. The lowest BCUT2D eigenvalue weighted by molar-refractivity contribution is -0.116. The Kier molecular flexibility index (Phi) is 5.99. The molecule has 0 aliphatic carbocycles. The Balaban J connectivity index is 1.99. The number of para-hydroxylation sites is 1. The van der Waals surface area contributed by atoms with Crippen LogP contribution in [0.25, 0.3) is 10.9 Å². The molecule has 28 heavy (non-hydrogen) atoms. The lowest BCUT2D eigenvalue weighted by Crippen LogP contribution is -2.41. The number of hydrogen-bond acceptors (Lipinski definition) is 3. The molecule has 3 aromatic rings. The largest absolute Gasteiger partial charge is 0.331 e. The van der Waals surface area contributed by atoms with Crippen LogP contribution in [0, 0.1) is 6.92 Å². The minimum atomic E-state index is -0.478. The topological polar surface area (TPSA) is 73.1 Å². The Hall–Kier alpha value is -2.86. The van der Waals surface area contributed by atoms with Crippen LogP contribution in [0.15, 0.2) is 52.1 Å². The highest BCUT2D eigenvalue weighted by atomic mass is 35.5. The summed E-state index contributed by atoms with van der Waals surface area (Å²) in [5.74, 6) is -0.368. The molecule has 6 nitrogen and oxygen atoms in total. The van der Waals surface area contributed by atoms with Gasteiger partial charge in [0.1, 0.15) is 6.54 Å². The van der Waals surface area contributed by atoms with Gasteiger partial charge in [-0.1, -0.05) is 43.1 Å². The second-order valence-corrected chi connectivity index (χ2v) is 7.12. The number of aryl methyl sites for hydroxylation is 1. The molecule has 3 rings (SSSR count). The van der Waals surface area contributed by atoms with E-state index in [1.807, 2.05) is 19.9 Å². The fourth-order valence-corrected chi connectivity index (χ4v) is 3.23. The molecular weight excluding hydrogens is 378 g/mol. The van der Waals surface area contributed by atoms with Gasteiger partial charge in [-0.3, -0.25) is 18.7 Å². The zero-order valence-corrected chi connectivity index (χ0v) is 16.6. The highest BCUT2D eigenvalue weighted by Crippen LogP contribution is 2.20.